The lowest BCUT2D eigenvalue weighted by Gasteiger charge is -2.07. The highest BCUT2D eigenvalue weighted by Gasteiger charge is 2.00. The van der Waals surface area contributed by atoms with Crippen molar-refractivity contribution < 1.29 is 7.85 Å². The van der Waals surface area contributed by atoms with Crippen LogP contribution in [0.5, 0.6) is 0 Å². The first-order chi connectivity index (χ1) is 7.11. The van der Waals surface area contributed by atoms with Crippen molar-refractivity contribution in [3.8, 4) is 0 Å². The Balaban J connectivity index is 3.63. The van der Waals surface area contributed by atoms with Crippen LogP contribution in [0, 0.1) is 0 Å². The zero-order valence-corrected chi connectivity index (χ0v) is 8.87. The van der Waals surface area contributed by atoms with Gasteiger partial charge in [-0.3, -0.25) is 0 Å². The van der Waals surface area contributed by atoms with Crippen LogP contribution in [0.1, 0.15) is 61.5 Å². The van der Waals surface area contributed by atoms with E-state index in [4.69, 9.17) is 2.74 Å². The third kappa shape index (κ3) is 9.62. The minimum absolute atomic E-state index is 0.235. The van der Waals surface area contributed by atoms with Crippen LogP contribution in [0.15, 0.2) is 12.2 Å². The van der Waals surface area contributed by atoms with Crippen LogP contribution in [-0.4, -0.2) is 11.2 Å². The SMILES string of the molecule is [2H]C(CCC=CCC)CC(O)C([2H])CC. The standard InChI is InChI=1S/C12H24O/c1-3-5-6-7-8-9-11-12(13)10-4-2/h5-6,12-13H,3-4,7-11H2,1-2H3/i9D,10D. The van der Waals surface area contributed by atoms with Gasteiger partial charge in [-0.05, 0) is 32.1 Å². The molecule has 0 rings (SSSR count). The molecule has 0 spiro atoms. The van der Waals surface area contributed by atoms with Gasteiger partial charge in [0.15, 0.2) is 0 Å². The third-order valence-corrected chi connectivity index (χ3v) is 1.86. The van der Waals surface area contributed by atoms with Crippen LogP contribution in [-0.2, 0) is 0 Å². The number of allylic oxidation sites excluding steroid dienone is 2. The van der Waals surface area contributed by atoms with Crippen molar-refractivity contribution in [2.75, 3.05) is 0 Å². The predicted molar refractivity (Wildman–Crippen MR) is 58.8 cm³/mol. The summed E-state index contributed by atoms with van der Waals surface area (Å²) >= 11 is 0. The Morgan fingerprint density at radius 2 is 2.15 bits per heavy atom. The number of aliphatic hydroxyl groups excluding tert-OH is 1. The Labute approximate surface area is 85.7 Å². The summed E-state index contributed by atoms with van der Waals surface area (Å²) in [6.45, 7) is 3.98. The lowest BCUT2D eigenvalue weighted by molar-refractivity contribution is 0.150. The Hall–Kier alpha value is -0.300. The van der Waals surface area contributed by atoms with Gasteiger partial charge in [-0.2, -0.15) is 0 Å². The van der Waals surface area contributed by atoms with E-state index in [1.807, 2.05) is 6.92 Å². The molecule has 0 aliphatic rings. The summed E-state index contributed by atoms with van der Waals surface area (Å²) in [5.74, 6) is 0. The second kappa shape index (κ2) is 9.79. The summed E-state index contributed by atoms with van der Waals surface area (Å²) in [7, 11) is 0. The average molecular weight is 186 g/mol. The van der Waals surface area contributed by atoms with Gasteiger partial charge in [0, 0.05) is 2.74 Å². The quantitative estimate of drug-likeness (QED) is 0.573. The summed E-state index contributed by atoms with van der Waals surface area (Å²) < 4.78 is 15.2. The molecule has 13 heavy (non-hydrogen) atoms. The van der Waals surface area contributed by atoms with Gasteiger partial charge in [0.1, 0.15) is 0 Å². The number of hydrogen-bond donors (Lipinski definition) is 1. The van der Waals surface area contributed by atoms with E-state index in [0.717, 1.165) is 19.3 Å². The van der Waals surface area contributed by atoms with Gasteiger partial charge in [-0.15, -0.1) is 0 Å². The van der Waals surface area contributed by atoms with Crippen LogP contribution < -0.4 is 0 Å². The molecule has 0 aromatic heterocycles. The molecule has 0 aliphatic heterocycles. The van der Waals surface area contributed by atoms with E-state index < -0.39 is 12.5 Å². The molecule has 0 aromatic carbocycles. The number of aliphatic hydroxyl groups is 1. The molecule has 0 radical (unpaired) electrons. The topological polar surface area (TPSA) is 20.2 Å². The van der Waals surface area contributed by atoms with Crippen LogP contribution in [0.2, 0.25) is 0 Å². The Bertz CT molecular complexity index is 171. The van der Waals surface area contributed by atoms with E-state index in [2.05, 4.69) is 19.1 Å². The first-order valence-corrected chi connectivity index (χ1v) is 5.29. The van der Waals surface area contributed by atoms with Crippen LogP contribution in [0.3, 0.4) is 0 Å². The van der Waals surface area contributed by atoms with E-state index in [-0.39, 0.29) is 6.40 Å². The molecule has 0 aliphatic carbocycles. The maximum atomic E-state index is 9.57. The monoisotopic (exact) mass is 186 g/mol. The highest BCUT2D eigenvalue weighted by molar-refractivity contribution is 4.79. The molecule has 3 unspecified atom stereocenters. The third-order valence-electron chi connectivity index (χ3n) is 1.86. The summed E-state index contributed by atoms with van der Waals surface area (Å²) in [6, 6.07) is 0. The second-order valence-corrected chi connectivity index (χ2v) is 3.19. The van der Waals surface area contributed by atoms with Crippen molar-refractivity contribution in [2.24, 2.45) is 0 Å². The first kappa shape index (κ1) is 9.26. The number of rotatable bonds is 8. The summed E-state index contributed by atoms with van der Waals surface area (Å²) in [4.78, 5) is 0. The Kier molecular flexibility index (Phi) is 6.97. The van der Waals surface area contributed by atoms with Gasteiger partial charge < -0.3 is 5.11 Å². The fraction of sp³-hybridized carbons (Fsp3) is 0.833. The van der Waals surface area contributed by atoms with Crippen molar-refractivity contribution in [3.63, 3.8) is 0 Å². The van der Waals surface area contributed by atoms with Crippen LogP contribution >= 0.6 is 0 Å². The fourth-order valence-corrected chi connectivity index (χ4v) is 1.16. The highest BCUT2D eigenvalue weighted by Crippen LogP contribution is 2.08. The minimum atomic E-state index is -0.632. The van der Waals surface area contributed by atoms with E-state index in [1.54, 1.807) is 0 Å². The van der Waals surface area contributed by atoms with Crippen LogP contribution in [0.4, 0.5) is 0 Å². The molecule has 0 aromatic rings. The molecule has 0 amide bonds. The van der Waals surface area contributed by atoms with Gasteiger partial charge in [0.2, 0.25) is 0 Å². The van der Waals surface area contributed by atoms with Gasteiger partial charge in [0.25, 0.3) is 0 Å². The van der Waals surface area contributed by atoms with E-state index in [9.17, 15) is 5.11 Å². The van der Waals surface area contributed by atoms with Gasteiger partial charge in [-0.1, -0.05) is 38.8 Å². The Morgan fingerprint density at radius 1 is 1.38 bits per heavy atom. The molecule has 0 saturated heterocycles. The average Bonchev–Trinajstić information content (AvgIpc) is 2.23. The summed E-state index contributed by atoms with van der Waals surface area (Å²) in [5, 5.41) is 9.57. The molecular formula is C12H24O. The van der Waals surface area contributed by atoms with Gasteiger partial charge >= 0.3 is 0 Å². The van der Waals surface area contributed by atoms with Gasteiger partial charge in [-0.25, -0.2) is 0 Å². The smallest absolute Gasteiger partial charge is 0.0540 e. The first-order valence-electron chi connectivity index (χ1n) is 6.44. The van der Waals surface area contributed by atoms with E-state index in [0.29, 0.717) is 12.8 Å². The van der Waals surface area contributed by atoms with Crippen molar-refractivity contribution >= 4 is 0 Å². The van der Waals surface area contributed by atoms with Crippen molar-refractivity contribution in [1.29, 1.82) is 0 Å². The maximum absolute atomic E-state index is 9.57. The van der Waals surface area contributed by atoms with Crippen molar-refractivity contribution in [1.82, 2.24) is 0 Å². The van der Waals surface area contributed by atoms with Crippen molar-refractivity contribution in [2.45, 2.75) is 64.8 Å². The summed E-state index contributed by atoms with van der Waals surface area (Å²) in [5.41, 5.74) is 0. The molecule has 0 heterocycles. The molecule has 0 fully saturated rings. The van der Waals surface area contributed by atoms with E-state index >= 15 is 0 Å². The molecule has 1 nitrogen and oxygen atoms in total. The van der Waals surface area contributed by atoms with E-state index in [1.165, 1.54) is 0 Å². The van der Waals surface area contributed by atoms with Crippen molar-refractivity contribution in [3.05, 3.63) is 12.2 Å². The molecule has 78 valence electrons. The zero-order valence-electron chi connectivity index (χ0n) is 10.9. The lowest BCUT2D eigenvalue weighted by atomic mass is 10.1. The maximum Gasteiger partial charge on any atom is 0.0540 e. The molecular weight excluding hydrogens is 160 g/mol. The predicted octanol–water partition coefficient (Wildman–Crippen LogP) is 3.67. The Morgan fingerprint density at radius 3 is 2.77 bits per heavy atom. The normalized spacial score (nSPS) is 20.8. The molecule has 3 atom stereocenters. The largest absolute Gasteiger partial charge is 0.393 e. The molecule has 0 bridgehead atoms. The second-order valence-electron chi connectivity index (χ2n) is 3.19. The lowest BCUT2D eigenvalue weighted by Crippen LogP contribution is -2.04. The molecule has 1 N–H and O–H groups in total. The molecule has 0 saturated carbocycles. The van der Waals surface area contributed by atoms with Gasteiger partial charge in [0.05, 0.1) is 6.10 Å². The summed E-state index contributed by atoms with van der Waals surface area (Å²) in [6.07, 6.45) is 6.71. The fourth-order valence-electron chi connectivity index (χ4n) is 1.16. The minimum Gasteiger partial charge on any atom is -0.393 e. The highest BCUT2D eigenvalue weighted by atomic mass is 16.3. The molecule has 1 heteroatoms. The number of hydrogen-bond acceptors (Lipinski definition) is 1. The van der Waals surface area contributed by atoms with Crippen LogP contribution in [0.25, 0.3) is 0 Å². The zero-order chi connectivity index (χ0) is 11.7.